The number of aromatic amines is 1. The number of aromatic nitrogens is 2. The smallest absolute Gasteiger partial charge is 0.136 e. The van der Waals surface area contributed by atoms with Gasteiger partial charge in [-0.1, -0.05) is 54.6 Å². The molecule has 2 aromatic heterocycles. The molecule has 0 atom stereocenters. The van der Waals surface area contributed by atoms with Crippen LogP contribution in [0.2, 0.25) is 0 Å². The van der Waals surface area contributed by atoms with E-state index in [0.29, 0.717) is 12.2 Å². The molecule has 1 N–H and O–H groups in total. The Labute approximate surface area is 180 Å². The quantitative estimate of drug-likeness (QED) is 0.373. The third-order valence-corrected chi connectivity index (χ3v) is 5.25. The number of H-pyrrole nitrogens is 1. The van der Waals surface area contributed by atoms with E-state index >= 15 is 0 Å². The molecule has 4 heteroatoms. The van der Waals surface area contributed by atoms with E-state index in [1.54, 1.807) is 6.20 Å². The first-order chi connectivity index (χ1) is 15.3. The summed E-state index contributed by atoms with van der Waals surface area (Å²) < 4.78 is 6.41. The monoisotopic (exact) mass is 401 g/mol. The Morgan fingerprint density at radius 3 is 2.55 bits per heavy atom. The fourth-order valence-corrected chi connectivity index (χ4v) is 3.74. The largest absolute Gasteiger partial charge is 0.488 e. The van der Waals surface area contributed by atoms with Crippen molar-refractivity contribution in [2.24, 2.45) is 0 Å². The first-order valence-electron chi connectivity index (χ1n) is 10.1. The van der Waals surface area contributed by atoms with Crippen molar-refractivity contribution in [3.05, 3.63) is 108 Å². The number of hydrogen-bond donors (Lipinski definition) is 1. The first-order valence-corrected chi connectivity index (χ1v) is 10.1. The summed E-state index contributed by atoms with van der Waals surface area (Å²) >= 11 is 0. The predicted octanol–water partition coefficient (Wildman–Crippen LogP) is 6.35. The number of para-hydroxylation sites is 1. The van der Waals surface area contributed by atoms with Crippen molar-refractivity contribution in [2.75, 3.05) is 0 Å². The minimum atomic E-state index is 0.449. The normalized spacial score (nSPS) is 10.7. The van der Waals surface area contributed by atoms with Crippen LogP contribution in [0.5, 0.6) is 5.75 Å². The van der Waals surface area contributed by atoms with Gasteiger partial charge in [-0.25, -0.2) is 0 Å². The second-order valence-electron chi connectivity index (χ2n) is 7.30. The Balaban J connectivity index is 1.65. The zero-order valence-electron chi connectivity index (χ0n) is 16.7. The molecule has 0 amide bonds. The zero-order valence-corrected chi connectivity index (χ0v) is 16.7. The number of fused-ring (bicyclic) bond motifs is 1. The standard InChI is InChI=1S/C27H19N3O/c28-16-20-8-4-9-21(14-20)23-10-5-11-24(26-15-22-17-29-13-12-25(22)30-26)27(23)31-18-19-6-2-1-3-7-19/h1-15,17,30H,18H2. The van der Waals surface area contributed by atoms with Crippen LogP contribution in [0.25, 0.3) is 33.3 Å². The number of nitriles is 1. The molecule has 0 fully saturated rings. The summed E-state index contributed by atoms with van der Waals surface area (Å²) in [6.07, 6.45) is 3.62. The van der Waals surface area contributed by atoms with Gasteiger partial charge in [0.2, 0.25) is 0 Å². The summed E-state index contributed by atoms with van der Waals surface area (Å²) in [5.41, 5.74) is 6.56. The highest BCUT2D eigenvalue weighted by atomic mass is 16.5. The van der Waals surface area contributed by atoms with Crippen molar-refractivity contribution in [1.29, 1.82) is 5.26 Å². The van der Waals surface area contributed by atoms with E-state index in [0.717, 1.165) is 44.6 Å². The summed E-state index contributed by atoms with van der Waals surface area (Å²) in [6.45, 7) is 0.449. The van der Waals surface area contributed by atoms with Gasteiger partial charge in [-0.15, -0.1) is 0 Å². The van der Waals surface area contributed by atoms with Crippen LogP contribution in [-0.4, -0.2) is 9.97 Å². The van der Waals surface area contributed by atoms with E-state index in [1.807, 2.05) is 79.0 Å². The molecular weight excluding hydrogens is 382 g/mol. The minimum absolute atomic E-state index is 0.449. The highest BCUT2D eigenvalue weighted by Gasteiger charge is 2.16. The third kappa shape index (κ3) is 3.77. The van der Waals surface area contributed by atoms with E-state index < -0.39 is 0 Å². The summed E-state index contributed by atoms with van der Waals surface area (Å²) in [7, 11) is 0. The summed E-state index contributed by atoms with van der Waals surface area (Å²) in [5.74, 6) is 0.779. The Kier molecular flexibility index (Phi) is 4.92. The van der Waals surface area contributed by atoms with Crippen LogP contribution in [0.1, 0.15) is 11.1 Å². The summed E-state index contributed by atoms with van der Waals surface area (Å²) in [6, 6.07) is 30.1. The molecule has 31 heavy (non-hydrogen) atoms. The molecule has 0 aliphatic carbocycles. The fourth-order valence-electron chi connectivity index (χ4n) is 3.74. The number of rotatable bonds is 5. The second kappa shape index (κ2) is 8.17. The van der Waals surface area contributed by atoms with Gasteiger partial charge < -0.3 is 9.72 Å². The Bertz CT molecular complexity index is 1360. The number of hydrogen-bond acceptors (Lipinski definition) is 3. The van der Waals surface area contributed by atoms with Crippen molar-refractivity contribution in [1.82, 2.24) is 9.97 Å². The average molecular weight is 401 g/mol. The maximum atomic E-state index is 9.35. The van der Waals surface area contributed by atoms with Crippen LogP contribution < -0.4 is 4.74 Å². The lowest BCUT2D eigenvalue weighted by Gasteiger charge is -2.16. The van der Waals surface area contributed by atoms with E-state index in [4.69, 9.17) is 4.74 Å². The summed E-state index contributed by atoms with van der Waals surface area (Å²) in [4.78, 5) is 7.70. The van der Waals surface area contributed by atoms with Crippen molar-refractivity contribution in [3.8, 4) is 34.2 Å². The molecule has 0 aliphatic heterocycles. The maximum absolute atomic E-state index is 9.35. The number of pyridine rings is 1. The molecule has 148 valence electrons. The number of ether oxygens (including phenoxy) is 1. The summed E-state index contributed by atoms with van der Waals surface area (Å²) in [5, 5.41) is 10.4. The van der Waals surface area contributed by atoms with Gasteiger partial charge >= 0.3 is 0 Å². The van der Waals surface area contributed by atoms with Crippen LogP contribution in [0.15, 0.2) is 97.3 Å². The SMILES string of the molecule is N#Cc1cccc(-c2cccc(-c3cc4cnccc4[nH]3)c2OCc2ccccc2)c1. The molecule has 4 nitrogen and oxygen atoms in total. The topological polar surface area (TPSA) is 61.7 Å². The van der Waals surface area contributed by atoms with Gasteiger partial charge in [0.1, 0.15) is 12.4 Å². The molecule has 3 aromatic carbocycles. The zero-order chi connectivity index (χ0) is 21.0. The minimum Gasteiger partial charge on any atom is -0.488 e. The van der Waals surface area contributed by atoms with Crippen molar-refractivity contribution < 1.29 is 4.74 Å². The van der Waals surface area contributed by atoms with Crippen LogP contribution in [0.3, 0.4) is 0 Å². The van der Waals surface area contributed by atoms with Crippen LogP contribution in [0, 0.1) is 11.3 Å². The van der Waals surface area contributed by atoms with E-state index in [1.165, 1.54) is 0 Å². The number of nitrogens with one attached hydrogen (secondary N) is 1. The van der Waals surface area contributed by atoms with Gasteiger partial charge in [-0.3, -0.25) is 4.98 Å². The molecule has 5 rings (SSSR count). The lowest BCUT2D eigenvalue weighted by molar-refractivity contribution is 0.309. The molecule has 0 radical (unpaired) electrons. The second-order valence-corrected chi connectivity index (χ2v) is 7.30. The molecular formula is C27H19N3O. The van der Waals surface area contributed by atoms with E-state index in [9.17, 15) is 5.26 Å². The van der Waals surface area contributed by atoms with Gasteiger partial charge in [0.25, 0.3) is 0 Å². The number of benzene rings is 3. The molecule has 0 bridgehead atoms. The van der Waals surface area contributed by atoms with E-state index in [-0.39, 0.29) is 0 Å². The average Bonchev–Trinajstić information content (AvgIpc) is 3.27. The van der Waals surface area contributed by atoms with Gasteiger partial charge in [0.15, 0.2) is 0 Å². The molecule has 2 heterocycles. The molecule has 0 saturated carbocycles. The van der Waals surface area contributed by atoms with Crippen molar-refractivity contribution in [2.45, 2.75) is 6.61 Å². The maximum Gasteiger partial charge on any atom is 0.136 e. The van der Waals surface area contributed by atoms with Crippen molar-refractivity contribution >= 4 is 10.9 Å². The van der Waals surface area contributed by atoms with Crippen LogP contribution in [-0.2, 0) is 6.61 Å². The lowest BCUT2D eigenvalue weighted by atomic mass is 9.98. The van der Waals surface area contributed by atoms with Gasteiger partial charge in [-0.05, 0) is 41.5 Å². The highest BCUT2D eigenvalue weighted by molar-refractivity contribution is 5.89. The first kappa shape index (κ1) is 18.7. The lowest BCUT2D eigenvalue weighted by Crippen LogP contribution is -1.99. The molecule has 0 spiro atoms. The molecule has 5 aromatic rings. The Morgan fingerprint density at radius 1 is 0.871 bits per heavy atom. The highest BCUT2D eigenvalue weighted by Crippen LogP contribution is 2.40. The third-order valence-electron chi connectivity index (χ3n) is 5.25. The predicted molar refractivity (Wildman–Crippen MR) is 122 cm³/mol. The van der Waals surface area contributed by atoms with Crippen molar-refractivity contribution in [3.63, 3.8) is 0 Å². The van der Waals surface area contributed by atoms with Gasteiger partial charge in [-0.2, -0.15) is 5.26 Å². The fraction of sp³-hybridized carbons (Fsp3) is 0.0370. The van der Waals surface area contributed by atoms with E-state index in [2.05, 4.69) is 28.2 Å². The molecule has 0 aliphatic rings. The number of nitrogens with zero attached hydrogens (tertiary/aromatic N) is 2. The van der Waals surface area contributed by atoms with Gasteiger partial charge in [0, 0.05) is 34.4 Å². The van der Waals surface area contributed by atoms with Crippen LogP contribution in [0.4, 0.5) is 0 Å². The molecule has 0 unspecified atom stereocenters. The Morgan fingerprint density at radius 2 is 1.71 bits per heavy atom. The van der Waals surface area contributed by atoms with Crippen LogP contribution >= 0.6 is 0 Å². The Hall–Kier alpha value is -4.36. The van der Waals surface area contributed by atoms with Gasteiger partial charge in [0.05, 0.1) is 17.3 Å². The molecule has 0 saturated heterocycles.